The van der Waals surface area contributed by atoms with E-state index in [-0.39, 0.29) is 11.4 Å². The van der Waals surface area contributed by atoms with Crippen molar-refractivity contribution in [2.75, 3.05) is 31.1 Å². The second-order valence-electron chi connectivity index (χ2n) is 5.75. The third-order valence-corrected chi connectivity index (χ3v) is 5.95. The van der Waals surface area contributed by atoms with E-state index in [0.717, 1.165) is 5.82 Å². The molecular weight excluding hydrogens is 344 g/mol. The topological polar surface area (TPSA) is 96.6 Å². The van der Waals surface area contributed by atoms with Gasteiger partial charge in [0.1, 0.15) is 5.82 Å². The summed E-state index contributed by atoms with van der Waals surface area (Å²) < 4.78 is 26.6. The number of hydrogen-bond acceptors (Lipinski definition) is 6. The van der Waals surface area contributed by atoms with Crippen LogP contribution in [0.15, 0.2) is 48.7 Å². The van der Waals surface area contributed by atoms with Crippen molar-refractivity contribution in [1.29, 1.82) is 0 Å². The van der Waals surface area contributed by atoms with Gasteiger partial charge in [-0.15, -0.1) is 0 Å². The molecule has 0 spiro atoms. The lowest BCUT2D eigenvalue weighted by atomic mass is 10.2. The number of piperazine rings is 1. The highest BCUT2D eigenvalue weighted by Crippen LogP contribution is 2.19. The van der Waals surface area contributed by atoms with Gasteiger partial charge in [0.25, 0.3) is 5.69 Å². The summed E-state index contributed by atoms with van der Waals surface area (Å²) in [7, 11) is -3.46. The van der Waals surface area contributed by atoms with E-state index in [1.165, 1.54) is 28.6 Å². The minimum Gasteiger partial charge on any atom is -0.354 e. The molecule has 9 heteroatoms. The number of nitro benzene ring substituents is 1. The summed E-state index contributed by atoms with van der Waals surface area (Å²) in [6.45, 7) is 1.95. The van der Waals surface area contributed by atoms with Crippen LogP contribution >= 0.6 is 0 Å². The fourth-order valence-electron chi connectivity index (χ4n) is 2.75. The highest BCUT2D eigenvalue weighted by Gasteiger charge is 2.27. The molecule has 25 heavy (non-hydrogen) atoms. The van der Waals surface area contributed by atoms with Crippen LogP contribution in [0.4, 0.5) is 11.5 Å². The van der Waals surface area contributed by atoms with Crippen molar-refractivity contribution in [3.63, 3.8) is 0 Å². The third kappa shape index (κ3) is 4.12. The van der Waals surface area contributed by atoms with Gasteiger partial charge < -0.3 is 4.90 Å². The number of rotatable bonds is 5. The molecule has 8 nitrogen and oxygen atoms in total. The van der Waals surface area contributed by atoms with Crippen LogP contribution in [0.3, 0.4) is 0 Å². The van der Waals surface area contributed by atoms with Gasteiger partial charge in [-0.2, -0.15) is 4.31 Å². The number of hydrogen-bond donors (Lipinski definition) is 0. The molecule has 132 valence electrons. The highest BCUT2D eigenvalue weighted by molar-refractivity contribution is 7.88. The van der Waals surface area contributed by atoms with E-state index in [1.54, 1.807) is 6.20 Å². The van der Waals surface area contributed by atoms with Crippen molar-refractivity contribution in [2.45, 2.75) is 5.75 Å². The number of benzene rings is 1. The zero-order valence-corrected chi connectivity index (χ0v) is 14.3. The summed E-state index contributed by atoms with van der Waals surface area (Å²) in [5, 5.41) is 10.7. The number of non-ortho nitro benzene ring substituents is 1. The number of aromatic nitrogens is 1. The minimum atomic E-state index is -3.46. The molecule has 1 fully saturated rings. The van der Waals surface area contributed by atoms with Crippen LogP contribution in [0.1, 0.15) is 5.56 Å². The Bertz CT molecular complexity index is 832. The quantitative estimate of drug-likeness (QED) is 0.592. The largest absolute Gasteiger partial charge is 0.354 e. The maximum absolute atomic E-state index is 12.6. The van der Waals surface area contributed by atoms with Crippen molar-refractivity contribution in [3.8, 4) is 0 Å². The van der Waals surface area contributed by atoms with Crippen LogP contribution in [-0.4, -0.2) is 48.8 Å². The maximum atomic E-state index is 12.6. The van der Waals surface area contributed by atoms with E-state index >= 15 is 0 Å². The average molecular weight is 362 g/mol. The van der Waals surface area contributed by atoms with Gasteiger partial charge in [-0.3, -0.25) is 10.1 Å². The van der Waals surface area contributed by atoms with Crippen molar-refractivity contribution < 1.29 is 13.3 Å². The van der Waals surface area contributed by atoms with Crippen LogP contribution < -0.4 is 4.90 Å². The van der Waals surface area contributed by atoms with E-state index in [2.05, 4.69) is 9.88 Å². The average Bonchev–Trinajstić information content (AvgIpc) is 2.63. The Morgan fingerprint density at radius 3 is 2.28 bits per heavy atom. The van der Waals surface area contributed by atoms with Gasteiger partial charge in [-0.05, 0) is 17.7 Å². The predicted molar refractivity (Wildman–Crippen MR) is 93.7 cm³/mol. The summed E-state index contributed by atoms with van der Waals surface area (Å²) in [5.74, 6) is 0.684. The Balaban J connectivity index is 1.62. The minimum absolute atomic E-state index is 0.0508. The van der Waals surface area contributed by atoms with Gasteiger partial charge >= 0.3 is 0 Å². The summed E-state index contributed by atoms with van der Waals surface area (Å²) >= 11 is 0. The predicted octanol–water partition coefficient (Wildman–Crippen LogP) is 1.64. The molecule has 0 unspecified atom stereocenters. The molecule has 0 atom stereocenters. The first-order chi connectivity index (χ1) is 12.0. The van der Waals surface area contributed by atoms with Gasteiger partial charge in [0.05, 0.1) is 10.7 Å². The SMILES string of the molecule is O=[N+]([O-])c1ccc(CS(=O)(=O)N2CCN(c3ccccn3)CC2)cc1. The molecule has 1 aromatic carbocycles. The van der Waals surface area contributed by atoms with Crippen LogP contribution in [0.25, 0.3) is 0 Å². The lowest BCUT2D eigenvalue weighted by Gasteiger charge is -2.34. The van der Waals surface area contributed by atoms with Crippen molar-refractivity contribution in [1.82, 2.24) is 9.29 Å². The first-order valence-electron chi connectivity index (χ1n) is 7.83. The Hall–Kier alpha value is -2.52. The Morgan fingerprint density at radius 1 is 1.04 bits per heavy atom. The first-order valence-corrected chi connectivity index (χ1v) is 9.44. The molecule has 0 N–H and O–H groups in total. The molecule has 0 saturated carbocycles. The van der Waals surface area contributed by atoms with Gasteiger partial charge in [-0.1, -0.05) is 18.2 Å². The van der Waals surface area contributed by atoms with Crippen LogP contribution in [-0.2, 0) is 15.8 Å². The molecule has 1 saturated heterocycles. The molecule has 1 aliphatic rings. The van der Waals surface area contributed by atoms with Crippen molar-refractivity contribution in [2.24, 2.45) is 0 Å². The van der Waals surface area contributed by atoms with E-state index < -0.39 is 14.9 Å². The zero-order valence-electron chi connectivity index (χ0n) is 13.5. The molecule has 0 bridgehead atoms. The lowest BCUT2D eigenvalue weighted by molar-refractivity contribution is -0.384. The van der Waals surface area contributed by atoms with Gasteiger partial charge in [0, 0.05) is 44.5 Å². The lowest BCUT2D eigenvalue weighted by Crippen LogP contribution is -2.49. The molecule has 0 amide bonds. The Morgan fingerprint density at radius 2 is 1.72 bits per heavy atom. The summed E-state index contributed by atoms with van der Waals surface area (Å²) in [5.41, 5.74) is 0.489. The van der Waals surface area contributed by atoms with E-state index in [9.17, 15) is 18.5 Å². The molecule has 0 radical (unpaired) electrons. The molecule has 1 aliphatic heterocycles. The van der Waals surface area contributed by atoms with Crippen LogP contribution in [0.5, 0.6) is 0 Å². The fraction of sp³-hybridized carbons (Fsp3) is 0.312. The van der Waals surface area contributed by atoms with Crippen molar-refractivity contribution in [3.05, 3.63) is 64.3 Å². The van der Waals surface area contributed by atoms with Gasteiger partial charge in [-0.25, -0.2) is 13.4 Å². The second kappa shape index (κ2) is 7.16. The molecule has 0 aliphatic carbocycles. The molecule has 2 aromatic rings. The second-order valence-corrected chi connectivity index (χ2v) is 7.72. The zero-order chi connectivity index (χ0) is 17.9. The van der Waals surface area contributed by atoms with E-state index in [0.29, 0.717) is 31.7 Å². The number of nitro groups is 1. The first kappa shape index (κ1) is 17.3. The molecular formula is C16H18N4O4S. The third-order valence-electron chi connectivity index (χ3n) is 4.10. The summed E-state index contributed by atoms with van der Waals surface area (Å²) in [4.78, 5) is 16.5. The van der Waals surface area contributed by atoms with E-state index in [4.69, 9.17) is 0 Å². The number of pyridine rings is 1. The number of sulfonamides is 1. The standard InChI is InChI=1S/C16H18N4O4S/c21-20(22)15-6-4-14(5-7-15)13-25(23,24)19-11-9-18(10-12-19)16-3-1-2-8-17-16/h1-8H,9-13H2. The van der Waals surface area contributed by atoms with Gasteiger partial charge in [0.2, 0.25) is 10.0 Å². The Kier molecular flexibility index (Phi) is 4.95. The summed E-state index contributed by atoms with van der Waals surface area (Å²) in [6.07, 6.45) is 1.72. The molecule has 3 rings (SSSR count). The highest BCUT2D eigenvalue weighted by atomic mass is 32.2. The Labute approximate surface area is 145 Å². The monoisotopic (exact) mass is 362 g/mol. The van der Waals surface area contributed by atoms with Crippen LogP contribution in [0, 0.1) is 10.1 Å². The molecule has 1 aromatic heterocycles. The number of nitrogens with zero attached hydrogens (tertiary/aromatic N) is 4. The van der Waals surface area contributed by atoms with Crippen molar-refractivity contribution >= 4 is 21.5 Å². The fourth-order valence-corrected chi connectivity index (χ4v) is 4.27. The molecule has 2 heterocycles. The smallest absolute Gasteiger partial charge is 0.269 e. The van der Waals surface area contributed by atoms with Gasteiger partial charge in [0.15, 0.2) is 0 Å². The van der Waals surface area contributed by atoms with E-state index in [1.807, 2.05) is 18.2 Å². The number of anilines is 1. The van der Waals surface area contributed by atoms with Crippen LogP contribution in [0.2, 0.25) is 0 Å². The normalized spacial score (nSPS) is 15.9. The maximum Gasteiger partial charge on any atom is 0.269 e. The summed E-state index contributed by atoms with van der Waals surface area (Å²) in [6, 6.07) is 11.3.